The van der Waals surface area contributed by atoms with Crippen molar-refractivity contribution in [2.75, 3.05) is 13.0 Å². The van der Waals surface area contributed by atoms with Gasteiger partial charge in [-0.2, -0.15) is 8.42 Å². The number of pyridine rings is 1. The molecular weight excluding hydrogens is 362 g/mol. The van der Waals surface area contributed by atoms with Gasteiger partial charge >= 0.3 is 10.1 Å². The zero-order chi connectivity index (χ0) is 18.7. The van der Waals surface area contributed by atoms with Crippen molar-refractivity contribution in [2.45, 2.75) is 20.1 Å². The molecule has 0 bridgehead atoms. The highest BCUT2D eigenvalue weighted by molar-refractivity contribution is 7.86. The van der Waals surface area contributed by atoms with Crippen LogP contribution in [-0.2, 0) is 32.8 Å². The Morgan fingerprint density at radius 1 is 1.12 bits per heavy atom. The molecule has 1 aliphatic heterocycles. The first-order valence-corrected chi connectivity index (χ1v) is 9.43. The van der Waals surface area contributed by atoms with Crippen LogP contribution in [0.3, 0.4) is 0 Å². The Kier molecular flexibility index (Phi) is 5.16. The molecule has 1 aromatic heterocycles. The van der Waals surface area contributed by atoms with E-state index in [2.05, 4.69) is 15.2 Å². The van der Waals surface area contributed by atoms with E-state index in [-0.39, 0.29) is 31.5 Å². The van der Waals surface area contributed by atoms with Crippen LogP contribution in [0.4, 0.5) is 11.5 Å². The maximum atomic E-state index is 11.1. The number of aryl methyl sites for hydroxylation is 1. The van der Waals surface area contributed by atoms with Gasteiger partial charge in [0.05, 0.1) is 30.9 Å². The highest BCUT2D eigenvalue weighted by Crippen LogP contribution is 2.34. The predicted molar refractivity (Wildman–Crippen MR) is 91.2 cm³/mol. The van der Waals surface area contributed by atoms with Crippen LogP contribution in [0.1, 0.15) is 16.8 Å². The van der Waals surface area contributed by atoms with E-state index in [1.54, 1.807) is 19.1 Å². The number of aromatic hydroxyl groups is 1. The second-order valence-corrected chi connectivity index (χ2v) is 7.20. The molecule has 138 valence electrons. The van der Waals surface area contributed by atoms with Crippen molar-refractivity contribution in [1.82, 2.24) is 4.98 Å². The smallest absolute Gasteiger partial charge is 0.306 e. The van der Waals surface area contributed by atoms with Crippen LogP contribution >= 0.6 is 0 Å². The average Bonchev–Trinajstić information content (AvgIpc) is 2.83. The molecular formula is C16H17N3O6S. The minimum absolute atomic E-state index is 0.0618. The maximum Gasteiger partial charge on any atom is 0.306 e. The molecule has 0 saturated carbocycles. The van der Waals surface area contributed by atoms with Gasteiger partial charge in [-0.15, -0.1) is 10.2 Å². The van der Waals surface area contributed by atoms with Gasteiger partial charge in [-0.05, 0) is 31.2 Å². The predicted octanol–water partition coefficient (Wildman–Crippen LogP) is 2.85. The van der Waals surface area contributed by atoms with Gasteiger partial charge in [0.15, 0.2) is 5.82 Å². The van der Waals surface area contributed by atoms with Gasteiger partial charge in [0.25, 0.3) is 0 Å². The lowest BCUT2D eigenvalue weighted by Crippen LogP contribution is -2.05. The normalized spacial score (nSPS) is 14.8. The van der Waals surface area contributed by atoms with Crippen LogP contribution in [0.25, 0.3) is 0 Å². The van der Waals surface area contributed by atoms with Gasteiger partial charge in [-0.25, -0.2) is 4.98 Å². The summed E-state index contributed by atoms with van der Waals surface area (Å²) in [5.41, 5.74) is 2.10. The average molecular weight is 379 g/mol. The fourth-order valence-corrected chi connectivity index (χ4v) is 2.82. The van der Waals surface area contributed by atoms with E-state index in [0.29, 0.717) is 28.3 Å². The van der Waals surface area contributed by atoms with Crippen molar-refractivity contribution < 1.29 is 27.2 Å². The molecule has 0 spiro atoms. The number of azo groups is 1. The van der Waals surface area contributed by atoms with Crippen molar-refractivity contribution in [1.29, 1.82) is 0 Å². The van der Waals surface area contributed by atoms with Crippen molar-refractivity contribution in [3.63, 3.8) is 0 Å². The zero-order valence-corrected chi connectivity index (χ0v) is 15.0. The third-order valence-electron chi connectivity index (χ3n) is 3.54. The third-order valence-corrected chi connectivity index (χ3v) is 4.04. The van der Waals surface area contributed by atoms with Gasteiger partial charge in [-0.1, -0.05) is 0 Å². The lowest BCUT2D eigenvalue weighted by atomic mass is 10.1. The Morgan fingerprint density at radius 3 is 2.42 bits per heavy atom. The first kappa shape index (κ1) is 18.2. The second-order valence-electron chi connectivity index (χ2n) is 5.62. The van der Waals surface area contributed by atoms with Crippen molar-refractivity contribution in [2.24, 2.45) is 10.2 Å². The number of rotatable bonds is 4. The van der Waals surface area contributed by atoms with Gasteiger partial charge in [0.1, 0.15) is 18.3 Å². The number of benzene rings is 1. The zero-order valence-electron chi connectivity index (χ0n) is 14.2. The molecule has 0 unspecified atom stereocenters. The van der Waals surface area contributed by atoms with E-state index < -0.39 is 10.1 Å². The number of nitrogens with zero attached hydrogens (tertiary/aromatic N) is 3. The van der Waals surface area contributed by atoms with Crippen molar-refractivity contribution >= 4 is 21.6 Å². The second kappa shape index (κ2) is 7.36. The fourth-order valence-electron chi connectivity index (χ4n) is 2.36. The Morgan fingerprint density at radius 2 is 1.77 bits per heavy atom. The Bertz CT molecular complexity index is 941. The standard InChI is InChI=1S/C16H17N3O6S/c1-10-15(20)13-7-23-9-24-8-14(13)16(17-10)19-18-11-3-5-12(6-4-11)25-26(2,21)22/h3-6,20H,7-9H2,1-2H3. The quantitative estimate of drug-likeness (QED) is 0.640. The Hall–Kier alpha value is -2.56. The van der Waals surface area contributed by atoms with Gasteiger partial charge in [0.2, 0.25) is 0 Å². The lowest BCUT2D eigenvalue weighted by Gasteiger charge is -2.11. The van der Waals surface area contributed by atoms with Crippen LogP contribution < -0.4 is 4.18 Å². The summed E-state index contributed by atoms with van der Waals surface area (Å²) >= 11 is 0. The molecule has 1 aromatic carbocycles. The number of hydrogen-bond donors (Lipinski definition) is 1. The molecule has 1 aliphatic rings. The largest absolute Gasteiger partial charge is 0.506 e. The molecule has 0 aliphatic carbocycles. The van der Waals surface area contributed by atoms with E-state index in [0.717, 1.165) is 6.26 Å². The molecule has 3 rings (SSSR count). The molecule has 10 heteroatoms. The molecule has 0 radical (unpaired) electrons. The molecule has 0 fully saturated rings. The van der Waals surface area contributed by atoms with Crippen molar-refractivity contribution in [3.8, 4) is 11.5 Å². The molecule has 1 N–H and O–H groups in total. The first-order chi connectivity index (χ1) is 12.3. The molecule has 0 atom stereocenters. The van der Waals surface area contributed by atoms with Gasteiger partial charge < -0.3 is 18.8 Å². The number of fused-ring (bicyclic) bond motifs is 1. The monoisotopic (exact) mass is 379 g/mol. The van der Waals surface area contributed by atoms with E-state index in [1.165, 1.54) is 12.1 Å². The summed E-state index contributed by atoms with van der Waals surface area (Å²) in [4.78, 5) is 4.26. The van der Waals surface area contributed by atoms with Crippen LogP contribution in [-0.4, -0.2) is 31.6 Å². The molecule has 2 heterocycles. The molecule has 0 saturated heterocycles. The Labute approximate surface area is 150 Å². The minimum Gasteiger partial charge on any atom is -0.506 e. The van der Waals surface area contributed by atoms with E-state index in [4.69, 9.17) is 13.7 Å². The topological polar surface area (TPSA) is 120 Å². The summed E-state index contributed by atoms with van der Waals surface area (Å²) in [6, 6.07) is 6.08. The summed E-state index contributed by atoms with van der Waals surface area (Å²) in [6.07, 6.45) is 0.969. The third kappa shape index (κ3) is 4.34. The van der Waals surface area contributed by atoms with Crippen molar-refractivity contribution in [3.05, 3.63) is 41.1 Å². The summed E-state index contributed by atoms with van der Waals surface area (Å²) in [6.45, 7) is 2.18. The first-order valence-electron chi connectivity index (χ1n) is 7.61. The van der Waals surface area contributed by atoms with Gasteiger partial charge in [0, 0.05) is 11.1 Å². The van der Waals surface area contributed by atoms with Crippen LogP contribution in [0, 0.1) is 6.92 Å². The highest BCUT2D eigenvalue weighted by atomic mass is 32.2. The summed E-state index contributed by atoms with van der Waals surface area (Å²) < 4.78 is 37.6. The minimum atomic E-state index is -3.58. The summed E-state index contributed by atoms with van der Waals surface area (Å²) in [5, 5.41) is 18.4. The summed E-state index contributed by atoms with van der Waals surface area (Å²) in [7, 11) is -3.58. The molecule has 26 heavy (non-hydrogen) atoms. The number of hydrogen-bond acceptors (Lipinski definition) is 9. The van der Waals surface area contributed by atoms with E-state index >= 15 is 0 Å². The SMILES string of the molecule is Cc1nc(N=Nc2ccc(OS(C)(=O)=O)cc2)c2c(c1O)COCOC2. The highest BCUT2D eigenvalue weighted by Gasteiger charge is 2.20. The summed E-state index contributed by atoms with van der Waals surface area (Å²) in [5.74, 6) is 0.577. The fraction of sp³-hybridized carbons (Fsp3) is 0.312. The molecule has 0 amide bonds. The van der Waals surface area contributed by atoms with Crippen LogP contribution in [0.2, 0.25) is 0 Å². The number of ether oxygens (including phenoxy) is 2. The number of aromatic nitrogens is 1. The molecule has 2 aromatic rings. The molecule has 9 nitrogen and oxygen atoms in total. The van der Waals surface area contributed by atoms with Crippen LogP contribution in [0.15, 0.2) is 34.5 Å². The Balaban J connectivity index is 1.88. The lowest BCUT2D eigenvalue weighted by molar-refractivity contribution is -0.0588. The van der Waals surface area contributed by atoms with E-state index in [1.807, 2.05) is 0 Å². The van der Waals surface area contributed by atoms with Gasteiger partial charge in [-0.3, -0.25) is 0 Å². The van der Waals surface area contributed by atoms with Crippen LogP contribution in [0.5, 0.6) is 11.5 Å². The maximum absolute atomic E-state index is 11.1. The van der Waals surface area contributed by atoms with E-state index in [9.17, 15) is 13.5 Å².